The number of ether oxygens (including phenoxy) is 1. The molecule has 30 heavy (non-hydrogen) atoms. The molecule has 4 N–H and O–H groups in total. The van der Waals surface area contributed by atoms with Crippen LogP contribution in [-0.2, 0) is 17.9 Å². The van der Waals surface area contributed by atoms with Gasteiger partial charge in [0.05, 0.1) is 12.1 Å². The predicted molar refractivity (Wildman–Crippen MR) is 130 cm³/mol. The van der Waals surface area contributed by atoms with Gasteiger partial charge in [0, 0.05) is 24.7 Å². The highest BCUT2D eigenvalue weighted by Crippen LogP contribution is 2.16. The number of hydrogen-bond acceptors (Lipinski definition) is 4. The molecule has 1 heterocycles. The number of carbonyl (C=O) groups is 1. The van der Waals surface area contributed by atoms with Crippen molar-refractivity contribution < 1.29 is 9.53 Å². The highest BCUT2D eigenvalue weighted by atomic mass is 127. The fraction of sp³-hybridized carbons (Fsp3) is 0.227. The molecule has 3 aromatic rings. The third kappa shape index (κ3) is 6.87. The molecule has 0 saturated carbocycles. The summed E-state index contributed by atoms with van der Waals surface area (Å²) in [5, 5.41) is 7.75. The Hall–Kier alpha value is -2.88. The lowest BCUT2D eigenvalue weighted by Gasteiger charge is -2.13. The number of pyridine rings is 1. The number of hydrogen-bond donors (Lipinski definition) is 3. The third-order valence-corrected chi connectivity index (χ3v) is 4.23. The summed E-state index contributed by atoms with van der Waals surface area (Å²) in [5.74, 6) is 0.810. The first-order chi connectivity index (χ1) is 14.2. The fourth-order valence-corrected chi connectivity index (χ4v) is 2.89. The molecule has 2 aromatic carbocycles. The van der Waals surface area contributed by atoms with Crippen LogP contribution >= 0.6 is 24.0 Å². The molecule has 7 nitrogen and oxygen atoms in total. The second-order valence-electron chi connectivity index (χ2n) is 6.44. The summed E-state index contributed by atoms with van der Waals surface area (Å²) in [6, 6.07) is 17.6. The van der Waals surface area contributed by atoms with E-state index in [4.69, 9.17) is 10.5 Å². The number of amides is 1. The van der Waals surface area contributed by atoms with Gasteiger partial charge in [-0.05, 0) is 42.3 Å². The standard InChI is InChI=1S/C22H25N5O2.HI/c1-2-24-22(26-13-16-6-5-7-18(12-16)29-15-21(23)28)27-14-17-10-11-25-20-9-4-3-8-19(17)20;/h3-12H,2,13-15H2,1H3,(H2,23,28)(H2,24,26,27);1H. The molecule has 0 aliphatic rings. The Balaban J connectivity index is 0.00000320. The zero-order chi connectivity index (χ0) is 20.5. The molecule has 158 valence electrons. The number of nitrogens with two attached hydrogens (primary N) is 1. The third-order valence-electron chi connectivity index (χ3n) is 4.23. The van der Waals surface area contributed by atoms with Crippen molar-refractivity contribution in [2.24, 2.45) is 10.7 Å². The summed E-state index contributed by atoms with van der Waals surface area (Å²) in [6.07, 6.45) is 1.82. The van der Waals surface area contributed by atoms with Crippen molar-refractivity contribution in [2.75, 3.05) is 13.2 Å². The van der Waals surface area contributed by atoms with Crippen molar-refractivity contribution in [1.29, 1.82) is 0 Å². The number of nitrogens with zero attached hydrogens (tertiary/aromatic N) is 2. The maximum atomic E-state index is 10.9. The molecule has 0 fully saturated rings. The summed E-state index contributed by atoms with van der Waals surface area (Å²) in [5.41, 5.74) is 8.22. The van der Waals surface area contributed by atoms with Crippen LogP contribution in [0.4, 0.5) is 0 Å². The van der Waals surface area contributed by atoms with Crippen LogP contribution in [0.2, 0.25) is 0 Å². The van der Waals surface area contributed by atoms with Crippen molar-refractivity contribution >= 4 is 46.7 Å². The normalized spacial score (nSPS) is 10.9. The van der Waals surface area contributed by atoms with E-state index in [1.54, 1.807) is 6.07 Å². The van der Waals surface area contributed by atoms with E-state index < -0.39 is 5.91 Å². The quantitative estimate of drug-likeness (QED) is 0.241. The van der Waals surface area contributed by atoms with E-state index in [0.717, 1.165) is 34.5 Å². The zero-order valence-electron chi connectivity index (χ0n) is 16.8. The number of carbonyl (C=O) groups excluding carboxylic acids is 1. The molecule has 3 rings (SSSR count). The van der Waals surface area contributed by atoms with Gasteiger partial charge in [0.2, 0.25) is 0 Å². The number of benzene rings is 2. The van der Waals surface area contributed by atoms with Gasteiger partial charge in [0.25, 0.3) is 5.91 Å². The maximum Gasteiger partial charge on any atom is 0.255 e. The van der Waals surface area contributed by atoms with E-state index in [-0.39, 0.29) is 30.6 Å². The van der Waals surface area contributed by atoms with Crippen LogP contribution in [0.1, 0.15) is 18.1 Å². The van der Waals surface area contributed by atoms with E-state index in [9.17, 15) is 4.79 Å². The van der Waals surface area contributed by atoms with Gasteiger partial charge in [-0.1, -0.05) is 30.3 Å². The van der Waals surface area contributed by atoms with Gasteiger partial charge in [-0.25, -0.2) is 4.99 Å². The number of rotatable bonds is 8. The molecule has 0 bridgehead atoms. The van der Waals surface area contributed by atoms with Crippen molar-refractivity contribution in [3.8, 4) is 5.75 Å². The van der Waals surface area contributed by atoms with E-state index in [1.165, 1.54) is 0 Å². The smallest absolute Gasteiger partial charge is 0.255 e. The number of aromatic nitrogens is 1. The lowest BCUT2D eigenvalue weighted by molar-refractivity contribution is -0.119. The molecular formula is C22H26IN5O2. The van der Waals surface area contributed by atoms with E-state index in [0.29, 0.717) is 18.8 Å². The first-order valence-electron chi connectivity index (χ1n) is 9.50. The lowest BCUT2D eigenvalue weighted by Crippen LogP contribution is -2.36. The fourth-order valence-electron chi connectivity index (χ4n) is 2.89. The Morgan fingerprint density at radius 3 is 2.77 bits per heavy atom. The number of primary amides is 1. The highest BCUT2D eigenvalue weighted by molar-refractivity contribution is 14.0. The van der Waals surface area contributed by atoms with Gasteiger partial charge in [-0.2, -0.15) is 0 Å². The monoisotopic (exact) mass is 519 g/mol. The van der Waals surface area contributed by atoms with Gasteiger partial charge >= 0.3 is 0 Å². The minimum absolute atomic E-state index is 0. The molecule has 0 saturated heterocycles. The van der Waals surface area contributed by atoms with E-state index in [2.05, 4.69) is 26.7 Å². The van der Waals surface area contributed by atoms with Crippen molar-refractivity contribution in [3.05, 3.63) is 71.9 Å². The first-order valence-corrected chi connectivity index (χ1v) is 9.50. The van der Waals surface area contributed by atoms with E-state index in [1.807, 2.05) is 55.6 Å². The minimum Gasteiger partial charge on any atom is -0.484 e. The zero-order valence-corrected chi connectivity index (χ0v) is 19.1. The molecule has 0 aliphatic carbocycles. The van der Waals surface area contributed by atoms with Crippen LogP contribution in [0.15, 0.2) is 65.8 Å². The van der Waals surface area contributed by atoms with Gasteiger partial charge in [-0.3, -0.25) is 9.78 Å². The van der Waals surface area contributed by atoms with Gasteiger partial charge in [0.1, 0.15) is 5.75 Å². The van der Waals surface area contributed by atoms with Crippen LogP contribution in [0.5, 0.6) is 5.75 Å². The number of nitrogens with one attached hydrogen (secondary N) is 2. The van der Waals surface area contributed by atoms with Crippen molar-refractivity contribution in [3.63, 3.8) is 0 Å². The van der Waals surface area contributed by atoms with Crippen molar-refractivity contribution in [1.82, 2.24) is 15.6 Å². The Kier molecular flexibility index (Phi) is 9.33. The predicted octanol–water partition coefficient (Wildman–Crippen LogP) is 2.97. The summed E-state index contributed by atoms with van der Waals surface area (Å²) < 4.78 is 5.35. The topological polar surface area (TPSA) is 102 Å². The van der Waals surface area contributed by atoms with Gasteiger partial charge < -0.3 is 21.1 Å². The minimum atomic E-state index is -0.504. The molecule has 1 amide bonds. The summed E-state index contributed by atoms with van der Waals surface area (Å²) >= 11 is 0. The van der Waals surface area contributed by atoms with Crippen molar-refractivity contribution in [2.45, 2.75) is 20.0 Å². The number of aliphatic imine (C=N–C) groups is 1. The highest BCUT2D eigenvalue weighted by Gasteiger charge is 2.04. The second kappa shape index (κ2) is 12.0. The molecule has 0 aliphatic heterocycles. The van der Waals surface area contributed by atoms with Crippen LogP contribution in [0.25, 0.3) is 10.9 Å². The average molecular weight is 519 g/mol. The molecule has 8 heteroatoms. The van der Waals surface area contributed by atoms with Crippen LogP contribution in [0, 0.1) is 0 Å². The Labute approximate surface area is 193 Å². The largest absolute Gasteiger partial charge is 0.484 e. The number of halogens is 1. The van der Waals surface area contributed by atoms with Gasteiger partial charge in [0.15, 0.2) is 12.6 Å². The van der Waals surface area contributed by atoms with Crippen LogP contribution < -0.4 is 21.1 Å². The summed E-state index contributed by atoms with van der Waals surface area (Å²) in [4.78, 5) is 19.9. The summed E-state index contributed by atoms with van der Waals surface area (Å²) in [6.45, 7) is 3.75. The number of para-hydroxylation sites is 1. The lowest BCUT2D eigenvalue weighted by atomic mass is 10.1. The second-order valence-corrected chi connectivity index (χ2v) is 6.44. The maximum absolute atomic E-state index is 10.9. The Morgan fingerprint density at radius 2 is 1.97 bits per heavy atom. The molecular weight excluding hydrogens is 493 g/mol. The Morgan fingerprint density at radius 1 is 1.13 bits per heavy atom. The first kappa shape index (κ1) is 23.4. The molecule has 0 unspecified atom stereocenters. The number of guanidine groups is 1. The average Bonchev–Trinajstić information content (AvgIpc) is 2.74. The Bertz CT molecular complexity index is 1000. The summed E-state index contributed by atoms with van der Waals surface area (Å²) in [7, 11) is 0. The SMILES string of the molecule is CCNC(=NCc1cccc(OCC(N)=O)c1)NCc1ccnc2ccccc12.I. The molecule has 0 atom stereocenters. The van der Waals surface area contributed by atoms with Gasteiger partial charge in [-0.15, -0.1) is 24.0 Å². The molecule has 0 radical (unpaired) electrons. The van der Waals surface area contributed by atoms with E-state index >= 15 is 0 Å². The molecule has 0 spiro atoms. The van der Waals surface area contributed by atoms with Crippen LogP contribution in [-0.4, -0.2) is 30.0 Å². The molecule has 1 aromatic heterocycles. The van der Waals surface area contributed by atoms with Crippen LogP contribution in [0.3, 0.4) is 0 Å². The number of fused-ring (bicyclic) bond motifs is 1.